The van der Waals surface area contributed by atoms with Crippen LogP contribution >= 0.6 is 11.6 Å². The summed E-state index contributed by atoms with van der Waals surface area (Å²) in [6, 6.07) is 12.4. The Balaban J connectivity index is 1.81. The maximum Gasteiger partial charge on any atom is 0.273 e. The smallest absolute Gasteiger partial charge is 0.273 e. The molecule has 7 heteroatoms. The first kappa shape index (κ1) is 21.2. The number of hydrogen-bond acceptors (Lipinski definition) is 4. The van der Waals surface area contributed by atoms with Crippen molar-refractivity contribution in [1.29, 1.82) is 0 Å². The zero-order valence-corrected chi connectivity index (χ0v) is 18.4. The molecule has 4 rings (SSSR count). The molecule has 1 aliphatic heterocycles. The maximum atomic E-state index is 13.2. The van der Waals surface area contributed by atoms with E-state index in [0.29, 0.717) is 35.1 Å². The van der Waals surface area contributed by atoms with Crippen molar-refractivity contribution in [3.05, 3.63) is 64.3 Å². The fourth-order valence-corrected chi connectivity index (χ4v) is 4.20. The molecule has 6 nitrogen and oxygen atoms in total. The summed E-state index contributed by atoms with van der Waals surface area (Å²) >= 11 is 6.18. The quantitative estimate of drug-likeness (QED) is 0.450. The van der Waals surface area contributed by atoms with Crippen LogP contribution in [0.25, 0.3) is 11.3 Å². The Kier molecular flexibility index (Phi) is 6.18. The van der Waals surface area contributed by atoms with Gasteiger partial charge in [0.15, 0.2) is 0 Å². The van der Waals surface area contributed by atoms with Gasteiger partial charge in [0.1, 0.15) is 22.9 Å². The summed E-state index contributed by atoms with van der Waals surface area (Å²) in [6.45, 7) is 5.43. The standard InChI is InChI=1S/C24H26ClN3O3/c1-3-5-12-31-17-8-6-7-15(13-17)23-20-21(18-14-16(25)9-10-19(18)29)26-27-22(20)24(30)28(23)11-4-2/h6-10,13-14,23,29H,3-5,11-12H2,1-2H3,(H,26,27). The number of fused-ring (bicyclic) bond motifs is 1. The summed E-state index contributed by atoms with van der Waals surface area (Å²) in [6.07, 6.45) is 2.87. The Labute approximate surface area is 186 Å². The fraction of sp³-hybridized carbons (Fsp3) is 0.333. The van der Waals surface area contributed by atoms with E-state index < -0.39 is 0 Å². The molecule has 2 heterocycles. The summed E-state index contributed by atoms with van der Waals surface area (Å²) in [5, 5.41) is 18.2. The number of H-pyrrole nitrogens is 1. The minimum absolute atomic E-state index is 0.0653. The van der Waals surface area contributed by atoms with Gasteiger partial charge in [-0.3, -0.25) is 9.89 Å². The number of halogens is 1. The number of phenolic OH excluding ortho intramolecular Hbond substituents is 1. The van der Waals surface area contributed by atoms with Crippen molar-refractivity contribution in [2.75, 3.05) is 13.2 Å². The second kappa shape index (κ2) is 9.02. The van der Waals surface area contributed by atoms with E-state index in [0.717, 1.165) is 36.1 Å². The van der Waals surface area contributed by atoms with Crippen LogP contribution in [-0.2, 0) is 0 Å². The SMILES string of the molecule is CCCCOc1cccc(C2c3c(-c4cc(Cl)ccc4O)n[nH]c3C(=O)N2CCC)c1. The van der Waals surface area contributed by atoms with E-state index in [-0.39, 0.29) is 17.7 Å². The van der Waals surface area contributed by atoms with E-state index in [4.69, 9.17) is 16.3 Å². The highest BCUT2D eigenvalue weighted by molar-refractivity contribution is 6.31. The number of rotatable bonds is 8. The second-order valence-corrected chi connectivity index (χ2v) is 8.13. The molecule has 0 fully saturated rings. The van der Waals surface area contributed by atoms with Crippen molar-refractivity contribution in [3.8, 4) is 22.8 Å². The van der Waals surface area contributed by atoms with Gasteiger partial charge in [-0.05, 0) is 48.7 Å². The number of amides is 1. The summed E-state index contributed by atoms with van der Waals surface area (Å²) in [5.41, 5.74) is 3.17. The molecule has 2 N–H and O–H groups in total. The van der Waals surface area contributed by atoms with E-state index in [1.807, 2.05) is 36.1 Å². The number of nitrogens with one attached hydrogen (secondary N) is 1. The van der Waals surface area contributed by atoms with Gasteiger partial charge in [-0.1, -0.05) is 44.0 Å². The lowest BCUT2D eigenvalue weighted by Gasteiger charge is -2.26. The molecule has 0 bridgehead atoms. The molecule has 0 radical (unpaired) electrons. The highest BCUT2D eigenvalue weighted by Crippen LogP contribution is 2.45. The number of carbonyl (C=O) groups excluding carboxylic acids is 1. The predicted molar refractivity (Wildman–Crippen MR) is 121 cm³/mol. The first-order valence-electron chi connectivity index (χ1n) is 10.7. The molecule has 3 aromatic rings. The number of hydrogen-bond donors (Lipinski definition) is 2. The van der Waals surface area contributed by atoms with Crippen LogP contribution in [0.4, 0.5) is 0 Å². The molecule has 1 aliphatic rings. The van der Waals surface area contributed by atoms with Crippen molar-refractivity contribution >= 4 is 17.5 Å². The van der Waals surface area contributed by atoms with E-state index in [1.165, 1.54) is 6.07 Å². The van der Waals surface area contributed by atoms with Gasteiger partial charge in [0.25, 0.3) is 5.91 Å². The van der Waals surface area contributed by atoms with Crippen LogP contribution in [0.3, 0.4) is 0 Å². The number of phenols is 1. The van der Waals surface area contributed by atoms with Gasteiger partial charge in [0.2, 0.25) is 0 Å². The van der Waals surface area contributed by atoms with Crippen molar-refractivity contribution in [2.24, 2.45) is 0 Å². The third kappa shape index (κ3) is 4.00. The molecule has 1 unspecified atom stereocenters. The monoisotopic (exact) mass is 439 g/mol. The molecule has 2 aromatic carbocycles. The van der Waals surface area contributed by atoms with Gasteiger partial charge in [-0.2, -0.15) is 5.10 Å². The van der Waals surface area contributed by atoms with Gasteiger partial charge in [0.05, 0.1) is 12.6 Å². The first-order chi connectivity index (χ1) is 15.0. The number of aromatic nitrogens is 2. The number of aromatic amines is 1. The van der Waals surface area contributed by atoms with E-state index >= 15 is 0 Å². The zero-order chi connectivity index (χ0) is 22.0. The van der Waals surface area contributed by atoms with E-state index in [2.05, 4.69) is 17.1 Å². The van der Waals surface area contributed by atoms with Gasteiger partial charge >= 0.3 is 0 Å². The van der Waals surface area contributed by atoms with Crippen LogP contribution in [0.1, 0.15) is 60.8 Å². The number of benzene rings is 2. The summed E-state index contributed by atoms with van der Waals surface area (Å²) in [5.74, 6) is 0.744. The lowest BCUT2D eigenvalue weighted by molar-refractivity contribution is 0.0743. The number of nitrogens with zero attached hydrogens (tertiary/aromatic N) is 2. The Hall–Kier alpha value is -2.99. The van der Waals surface area contributed by atoms with Gasteiger partial charge in [0, 0.05) is 22.7 Å². The largest absolute Gasteiger partial charge is 0.507 e. The molecular formula is C24H26ClN3O3. The van der Waals surface area contributed by atoms with Crippen molar-refractivity contribution in [2.45, 2.75) is 39.2 Å². The van der Waals surface area contributed by atoms with Crippen molar-refractivity contribution in [1.82, 2.24) is 15.1 Å². The number of ether oxygens (including phenoxy) is 1. The average molecular weight is 440 g/mol. The molecule has 1 amide bonds. The highest BCUT2D eigenvalue weighted by atomic mass is 35.5. The molecule has 0 spiro atoms. The van der Waals surface area contributed by atoms with Gasteiger partial charge in [-0.25, -0.2) is 0 Å². The average Bonchev–Trinajstić information content (AvgIpc) is 3.30. The van der Waals surface area contributed by atoms with Crippen LogP contribution in [-0.4, -0.2) is 39.3 Å². The first-order valence-corrected chi connectivity index (χ1v) is 11.0. The van der Waals surface area contributed by atoms with Gasteiger partial charge in [-0.15, -0.1) is 0 Å². The zero-order valence-electron chi connectivity index (χ0n) is 17.7. The van der Waals surface area contributed by atoms with Crippen LogP contribution in [0.15, 0.2) is 42.5 Å². The molecule has 1 atom stereocenters. The van der Waals surface area contributed by atoms with Crippen LogP contribution < -0.4 is 4.74 Å². The predicted octanol–water partition coefficient (Wildman–Crippen LogP) is 5.57. The third-order valence-corrected chi connectivity index (χ3v) is 5.72. The maximum absolute atomic E-state index is 13.2. The van der Waals surface area contributed by atoms with Gasteiger partial charge < -0.3 is 14.7 Å². The lowest BCUT2D eigenvalue weighted by atomic mass is 9.95. The molecule has 31 heavy (non-hydrogen) atoms. The number of carbonyl (C=O) groups is 1. The highest BCUT2D eigenvalue weighted by Gasteiger charge is 2.42. The normalized spacial score (nSPS) is 15.4. The van der Waals surface area contributed by atoms with Crippen LogP contribution in [0.2, 0.25) is 5.02 Å². The van der Waals surface area contributed by atoms with E-state index in [9.17, 15) is 9.90 Å². The third-order valence-electron chi connectivity index (χ3n) is 5.48. The topological polar surface area (TPSA) is 78.5 Å². The molecule has 162 valence electrons. The van der Waals surface area contributed by atoms with E-state index in [1.54, 1.807) is 12.1 Å². The summed E-state index contributed by atoms with van der Waals surface area (Å²) < 4.78 is 5.90. The van der Waals surface area contributed by atoms with Crippen LogP contribution in [0.5, 0.6) is 11.5 Å². The lowest BCUT2D eigenvalue weighted by Crippen LogP contribution is -2.30. The molecule has 0 saturated heterocycles. The minimum Gasteiger partial charge on any atom is -0.507 e. The minimum atomic E-state index is -0.329. The molecular weight excluding hydrogens is 414 g/mol. The fourth-order valence-electron chi connectivity index (χ4n) is 4.03. The summed E-state index contributed by atoms with van der Waals surface area (Å²) in [7, 11) is 0. The molecule has 0 saturated carbocycles. The molecule has 1 aromatic heterocycles. The number of aromatic hydroxyl groups is 1. The van der Waals surface area contributed by atoms with Crippen molar-refractivity contribution in [3.63, 3.8) is 0 Å². The second-order valence-electron chi connectivity index (χ2n) is 7.70. The Morgan fingerprint density at radius 3 is 2.81 bits per heavy atom. The number of unbranched alkanes of at least 4 members (excludes halogenated alkanes) is 1. The Morgan fingerprint density at radius 2 is 2.03 bits per heavy atom. The summed E-state index contributed by atoms with van der Waals surface area (Å²) in [4.78, 5) is 15.0. The Bertz CT molecular complexity index is 1100. The Morgan fingerprint density at radius 1 is 1.19 bits per heavy atom. The van der Waals surface area contributed by atoms with Crippen LogP contribution in [0, 0.1) is 0 Å². The van der Waals surface area contributed by atoms with Crippen molar-refractivity contribution < 1.29 is 14.6 Å². The molecule has 0 aliphatic carbocycles.